The van der Waals surface area contributed by atoms with Crippen LogP contribution in [0.4, 0.5) is 0 Å². The molecule has 1 heterocycles. The van der Waals surface area contributed by atoms with Gasteiger partial charge in [0.25, 0.3) is 0 Å². The van der Waals surface area contributed by atoms with Crippen LogP contribution in [-0.4, -0.2) is 30.8 Å². The predicted molar refractivity (Wildman–Crippen MR) is 92.4 cm³/mol. The van der Waals surface area contributed by atoms with E-state index < -0.39 is 0 Å². The maximum absolute atomic E-state index is 5.32. The largest absolute Gasteiger partial charge is 0.360 e. The fourth-order valence-corrected chi connectivity index (χ4v) is 2.94. The van der Waals surface area contributed by atoms with Gasteiger partial charge in [0, 0.05) is 31.0 Å². The summed E-state index contributed by atoms with van der Waals surface area (Å²) in [7, 11) is 0. The summed E-state index contributed by atoms with van der Waals surface area (Å²) < 4.78 is 0. The summed E-state index contributed by atoms with van der Waals surface area (Å²) in [6.07, 6.45) is 2.36. The van der Waals surface area contributed by atoms with E-state index in [1.807, 2.05) is 6.92 Å². The second-order valence-electron chi connectivity index (χ2n) is 5.97. The van der Waals surface area contributed by atoms with Gasteiger partial charge >= 0.3 is 0 Å². The lowest BCUT2D eigenvalue weighted by Crippen LogP contribution is -3.12. The Balaban J connectivity index is 1.68. The summed E-state index contributed by atoms with van der Waals surface area (Å²) in [4.78, 5) is 1.67. The van der Waals surface area contributed by atoms with Gasteiger partial charge in [0.05, 0.1) is 13.1 Å². The zero-order valence-corrected chi connectivity index (χ0v) is 13.6. The van der Waals surface area contributed by atoms with Crippen molar-refractivity contribution < 1.29 is 4.90 Å². The first kappa shape index (κ1) is 16.0. The summed E-state index contributed by atoms with van der Waals surface area (Å²) in [6, 6.07) is 11.3. The first-order valence-electron chi connectivity index (χ1n) is 7.69. The average molecular weight is 304 g/mol. The van der Waals surface area contributed by atoms with Crippen LogP contribution in [-0.2, 0) is 6.54 Å². The monoisotopic (exact) mass is 304 g/mol. The number of hydrogen-bond donors (Lipinski definition) is 3. The summed E-state index contributed by atoms with van der Waals surface area (Å²) in [5.41, 5.74) is 2.53. The number of likely N-dealkylation sites (tertiary alicyclic amines) is 1. The molecular formula is C17H26N3S+. The highest BCUT2D eigenvalue weighted by Gasteiger charge is 2.22. The van der Waals surface area contributed by atoms with Gasteiger partial charge in [0.15, 0.2) is 5.11 Å². The van der Waals surface area contributed by atoms with Crippen LogP contribution in [0.1, 0.15) is 25.3 Å². The molecule has 0 bridgehead atoms. The lowest BCUT2D eigenvalue weighted by Gasteiger charge is -2.30. The third-order valence-corrected chi connectivity index (χ3v) is 4.14. The minimum Gasteiger partial charge on any atom is -0.360 e. The van der Waals surface area contributed by atoms with Crippen molar-refractivity contribution in [1.29, 1.82) is 0 Å². The summed E-state index contributed by atoms with van der Waals surface area (Å²) in [6.45, 7) is 10.2. The molecule has 0 saturated carbocycles. The van der Waals surface area contributed by atoms with Gasteiger partial charge in [-0.1, -0.05) is 42.5 Å². The standard InChI is InChI=1S/C17H25N3S/c1-14(2)12-18-17(21)19-16-8-10-20(11-9-16)13-15-6-4-3-5-7-15/h3-7,16H,1,8-13H2,2H3,(H2,18,19,21)/p+1. The first-order valence-corrected chi connectivity index (χ1v) is 8.10. The Labute approximate surface area is 133 Å². The highest BCUT2D eigenvalue weighted by atomic mass is 32.1. The second kappa shape index (κ2) is 8.15. The first-order chi connectivity index (χ1) is 10.1. The molecule has 0 unspecified atom stereocenters. The minimum atomic E-state index is 0.509. The Morgan fingerprint density at radius 2 is 1.95 bits per heavy atom. The Morgan fingerprint density at radius 3 is 2.57 bits per heavy atom. The number of hydrogen-bond acceptors (Lipinski definition) is 1. The van der Waals surface area contributed by atoms with Gasteiger partial charge < -0.3 is 15.5 Å². The second-order valence-corrected chi connectivity index (χ2v) is 6.38. The van der Waals surface area contributed by atoms with Crippen LogP contribution in [0.2, 0.25) is 0 Å². The molecule has 1 fully saturated rings. The molecule has 4 heteroatoms. The van der Waals surface area contributed by atoms with Crippen LogP contribution in [0, 0.1) is 0 Å². The predicted octanol–water partition coefficient (Wildman–Crippen LogP) is 1.27. The number of benzene rings is 1. The quantitative estimate of drug-likeness (QED) is 0.565. The highest BCUT2D eigenvalue weighted by molar-refractivity contribution is 7.80. The summed E-state index contributed by atoms with van der Waals surface area (Å²) in [5, 5.41) is 7.38. The topological polar surface area (TPSA) is 28.5 Å². The smallest absolute Gasteiger partial charge is 0.166 e. The third kappa shape index (κ3) is 5.86. The molecule has 0 amide bonds. The van der Waals surface area contributed by atoms with Crippen LogP contribution in [0.25, 0.3) is 0 Å². The van der Waals surface area contributed by atoms with E-state index in [0.717, 1.165) is 23.8 Å². The molecule has 0 atom stereocenters. The van der Waals surface area contributed by atoms with Crippen molar-refractivity contribution in [2.45, 2.75) is 32.4 Å². The molecule has 114 valence electrons. The van der Waals surface area contributed by atoms with E-state index in [-0.39, 0.29) is 0 Å². The van der Waals surface area contributed by atoms with E-state index in [0.29, 0.717) is 6.04 Å². The normalized spacial score (nSPS) is 21.6. The molecule has 3 N–H and O–H groups in total. The number of nitrogens with one attached hydrogen (secondary N) is 3. The van der Waals surface area contributed by atoms with Gasteiger partial charge in [-0.2, -0.15) is 0 Å². The van der Waals surface area contributed by atoms with Crippen molar-refractivity contribution in [3.8, 4) is 0 Å². The molecule has 0 spiro atoms. The van der Waals surface area contributed by atoms with Gasteiger partial charge in [-0.25, -0.2) is 0 Å². The van der Waals surface area contributed by atoms with Gasteiger partial charge in [-0.3, -0.25) is 0 Å². The SMILES string of the molecule is C=C(C)CNC(=S)NC1CC[NH+](Cc2ccccc2)CC1. The van der Waals surface area contributed by atoms with Crippen LogP contribution in [0.5, 0.6) is 0 Å². The summed E-state index contributed by atoms with van der Waals surface area (Å²) >= 11 is 5.32. The van der Waals surface area contributed by atoms with E-state index >= 15 is 0 Å². The van der Waals surface area contributed by atoms with Crippen LogP contribution in [0.3, 0.4) is 0 Å². The molecule has 2 rings (SSSR count). The van der Waals surface area contributed by atoms with Crippen molar-refractivity contribution in [2.75, 3.05) is 19.6 Å². The minimum absolute atomic E-state index is 0.509. The molecule has 1 aromatic rings. The van der Waals surface area contributed by atoms with Crippen LogP contribution >= 0.6 is 12.2 Å². The zero-order chi connectivity index (χ0) is 15.1. The molecule has 1 aromatic carbocycles. The number of thiocarbonyl (C=S) groups is 1. The Hall–Kier alpha value is -1.39. The lowest BCUT2D eigenvalue weighted by atomic mass is 10.0. The number of piperidine rings is 1. The van der Waals surface area contributed by atoms with E-state index in [4.69, 9.17) is 12.2 Å². The molecule has 0 aromatic heterocycles. The van der Waals surface area contributed by atoms with E-state index in [1.54, 1.807) is 4.90 Å². The lowest BCUT2D eigenvalue weighted by molar-refractivity contribution is -0.918. The fraction of sp³-hybridized carbons (Fsp3) is 0.471. The molecule has 0 radical (unpaired) electrons. The van der Waals surface area contributed by atoms with Crippen molar-refractivity contribution in [1.82, 2.24) is 10.6 Å². The average Bonchev–Trinajstić information content (AvgIpc) is 2.48. The zero-order valence-electron chi connectivity index (χ0n) is 12.8. The molecular weight excluding hydrogens is 278 g/mol. The van der Waals surface area contributed by atoms with Crippen LogP contribution in [0.15, 0.2) is 42.5 Å². The van der Waals surface area contributed by atoms with E-state index in [1.165, 1.54) is 31.5 Å². The van der Waals surface area contributed by atoms with E-state index in [9.17, 15) is 0 Å². The third-order valence-electron chi connectivity index (χ3n) is 3.88. The van der Waals surface area contributed by atoms with Crippen molar-refractivity contribution in [3.63, 3.8) is 0 Å². The number of rotatable bonds is 5. The Kier molecular flexibility index (Phi) is 6.21. The van der Waals surface area contributed by atoms with Crippen molar-refractivity contribution in [2.24, 2.45) is 0 Å². The Morgan fingerprint density at radius 1 is 1.29 bits per heavy atom. The maximum Gasteiger partial charge on any atom is 0.166 e. The molecule has 3 nitrogen and oxygen atoms in total. The molecule has 1 aliphatic rings. The van der Waals surface area contributed by atoms with Crippen LogP contribution < -0.4 is 15.5 Å². The van der Waals surface area contributed by atoms with Gasteiger partial charge in [0.2, 0.25) is 0 Å². The van der Waals surface area contributed by atoms with Crippen molar-refractivity contribution in [3.05, 3.63) is 48.0 Å². The molecule has 1 aliphatic heterocycles. The molecule has 1 saturated heterocycles. The van der Waals surface area contributed by atoms with Gasteiger partial charge in [0.1, 0.15) is 6.54 Å². The van der Waals surface area contributed by atoms with E-state index in [2.05, 4.69) is 47.5 Å². The summed E-state index contributed by atoms with van der Waals surface area (Å²) in [5.74, 6) is 0. The highest BCUT2D eigenvalue weighted by Crippen LogP contribution is 2.01. The van der Waals surface area contributed by atoms with Gasteiger partial charge in [-0.05, 0) is 19.1 Å². The molecule has 21 heavy (non-hydrogen) atoms. The molecule has 0 aliphatic carbocycles. The maximum atomic E-state index is 5.32. The number of quaternary nitrogens is 1. The van der Waals surface area contributed by atoms with Gasteiger partial charge in [-0.15, -0.1) is 0 Å². The Bertz CT molecular complexity index is 464. The van der Waals surface area contributed by atoms with Crippen molar-refractivity contribution >= 4 is 17.3 Å². The fourth-order valence-electron chi connectivity index (χ4n) is 2.70.